The van der Waals surface area contributed by atoms with Gasteiger partial charge in [0.1, 0.15) is 0 Å². The van der Waals surface area contributed by atoms with E-state index in [0.717, 1.165) is 25.9 Å². The monoisotopic (exact) mass is 284 g/mol. The molecule has 2 aromatic rings. The molecule has 2 heterocycles. The molecule has 1 aromatic carbocycles. The standard InChI is InChI=1S/C17H24N4/c1-2-9-20-13-19-12-17(20)16(11-18)21-10-5-7-14-6-3-4-8-15(14)21/h3-4,6,8,12-13,16H,2,5,7,9-11,18H2,1H3. The van der Waals surface area contributed by atoms with E-state index in [1.165, 1.54) is 23.4 Å². The Morgan fingerprint density at radius 1 is 1.33 bits per heavy atom. The van der Waals surface area contributed by atoms with Crippen LogP contribution in [0.2, 0.25) is 0 Å². The van der Waals surface area contributed by atoms with Gasteiger partial charge in [0, 0.05) is 25.3 Å². The molecule has 0 aliphatic carbocycles. The van der Waals surface area contributed by atoms with Crippen molar-refractivity contribution in [3.63, 3.8) is 0 Å². The van der Waals surface area contributed by atoms with E-state index in [2.05, 4.69) is 45.6 Å². The minimum Gasteiger partial charge on any atom is -0.361 e. The Labute approximate surface area is 126 Å². The van der Waals surface area contributed by atoms with Crippen molar-refractivity contribution in [1.29, 1.82) is 0 Å². The summed E-state index contributed by atoms with van der Waals surface area (Å²) in [5.41, 5.74) is 10.1. The van der Waals surface area contributed by atoms with Crippen LogP contribution < -0.4 is 10.6 Å². The Kier molecular flexibility index (Phi) is 4.25. The van der Waals surface area contributed by atoms with Crippen LogP contribution in [0.25, 0.3) is 0 Å². The van der Waals surface area contributed by atoms with Crippen LogP contribution in [0.1, 0.15) is 37.1 Å². The molecule has 0 fully saturated rings. The number of fused-ring (bicyclic) bond motifs is 1. The predicted molar refractivity (Wildman–Crippen MR) is 86.4 cm³/mol. The van der Waals surface area contributed by atoms with Gasteiger partial charge in [0.15, 0.2) is 0 Å². The average molecular weight is 284 g/mol. The largest absolute Gasteiger partial charge is 0.361 e. The Hall–Kier alpha value is -1.81. The maximum absolute atomic E-state index is 6.13. The third-order valence-corrected chi connectivity index (χ3v) is 4.30. The van der Waals surface area contributed by atoms with Crippen LogP contribution in [0.3, 0.4) is 0 Å². The lowest BCUT2D eigenvalue weighted by atomic mass is 9.99. The first-order chi connectivity index (χ1) is 10.3. The van der Waals surface area contributed by atoms with Crippen molar-refractivity contribution in [2.45, 2.75) is 38.8 Å². The van der Waals surface area contributed by atoms with E-state index in [1.54, 1.807) is 0 Å². The van der Waals surface area contributed by atoms with Crippen LogP contribution in [-0.4, -0.2) is 22.6 Å². The van der Waals surface area contributed by atoms with Gasteiger partial charge < -0.3 is 15.2 Å². The molecule has 4 heteroatoms. The lowest BCUT2D eigenvalue weighted by Crippen LogP contribution is -2.38. The summed E-state index contributed by atoms with van der Waals surface area (Å²) in [4.78, 5) is 6.80. The molecule has 0 saturated heterocycles. The van der Waals surface area contributed by atoms with Crippen molar-refractivity contribution in [2.75, 3.05) is 18.0 Å². The summed E-state index contributed by atoms with van der Waals surface area (Å²) in [6.45, 7) is 4.87. The number of anilines is 1. The molecule has 1 unspecified atom stereocenters. The van der Waals surface area contributed by atoms with Crippen molar-refractivity contribution in [2.24, 2.45) is 5.73 Å². The van der Waals surface area contributed by atoms with Crippen LogP contribution in [0.5, 0.6) is 0 Å². The first-order valence-electron chi connectivity index (χ1n) is 7.89. The van der Waals surface area contributed by atoms with Gasteiger partial charge in [0.2, 0.25) is 0 Å². The topological polar surface area (TPSA) is 47.1 Å². The first kappa shape index (κ1) is 14.1. The highest BCUT2D eigenvalue weighted by atomic mass is 15.2. The molecule has 3 rings (SSSR count). The third kappa shape index (κ3) is 2.68. The van der Waals surface area contributed by atoms with E-state index >= 15 is 0 Å². The molecular formula is C17H24N4. The first-order valence-corrected chi connectivity index (χ1v) is 7.89. The molecule has 1 aliphatic heterocycles. The molecule has 1 aromatic heterocycles. The molecule has 0 spiro atoms. The Morgan fingerprint density at radius 2 is 2.19 bits per heavy atom. The minimum atomic E-state index is 0.209. The van der Waals surface area contributed by atoms with Gasteiger partial charge in [-0.05, 0) is 30.9 Å². The normalized spacial score (nSPS) is 15.8. The van der Waals surface area contributed by atoms with Crippen molar-refractivity contribution >= 4 is 5.69 Å². The fourth-order valence-corrected chi connectivity index (χ4v) is 3.33. The van der Waals surface area contributed by atoms with Crippen LogP contribution >= 0.6 is 0 Å². The van der Waals surface area contributed by atoms with Crippen molar-refractivity contribution in [3.05, 3.63) is 48.0 Å². The number of aryl methyl sites for hydroxylation is 2. The summed E-state index contributed by atoms with van der Waals surface area (Å²) in [5.74, 6) is 0. The molecule has 0 amide bonds. The van der Waals surface area contributed by atoms with E-state index in [9.17, 15) is 0 Å². The molecule has 21 heavy (non-hydrogen) atoms. The summed E-state index contributed by atoms with van der Waals surface area (Å²) >= 11 is 0. The van der Waals surface area contributed by atoms with Gasteiger partial charge in [-0.2, -0.15) is 0 Å². The number of hydrogen-bond acceptors (Lipinski definition) is 3. The van der Waals surface area contributed by atoms with Crippen molar-refractivity contribution in [1.82, 2.24) is 9.55 Å². The highest BCUT2D eigenvalue weighted by Gasteiger charge is 2.26. The van der Waals surface area contributed by atoms with Gasteiger partial charge >= 0.3 is 0 Å². The number of aromatic nitrogens is 2. The van der Waals surface area contributed by atoms with Gasteiger partial charge in [-0.15, -0.1) is 0 Å². The molecular weight excluding hydrogens is 260 g/mol. The molecule has 0 bridgehead atoms. The molecule has 4 nitrogen and oxygen atoms in total. The second-order valence-corrected chi connectivity index (χ2v) is 5.69. The summed E-state index contributed by atoms with van der Waals surface area (Å²) < 4.78 is 2.24. The highest BCUT2D eigenvalue weighted by Crippen LogP contribution is 2.33. The van der Waals surface area contributed by atoms with Gasteiger partial charge in [0.05, 0.1) is 24.3 Å². The van der Waals surface area contributed by atoms with Crippen molar-refractivity contribution in [3.8, 4) is 0 Å². The highest BCUT2D eigenvalue weighted by molar-refractivity contribution is 5.56. The molecule has 1 atom stereocenters. The summed E-state index contributed by atoms with van der Waals surface area (Å²) in [6.07, 6.45) is 7.37. The fraction of sp³-hybridized carbons (Fsp3) is 0.471. The van der Waals surface area contributed by atoms with Gasteiger partial charge in [-0.25, -0.2) is 4.98 Å². The SMILES string of the molecule is CCCn1cncc1C(CN)N1CCCc2ccccc21. The van der Waals surface area contributed by atoms with Crippen LogP contribution in [-0.2, 0) is 13.0 Å². The lowest BCUT2D eigenvalue weighted by molar-refractivity contribution is 0.538. The number of nitrogens with two attached hydrogens (primary N) is 1. The number of imidazole rings is 1. The fourth-order valence-electron chi connectivity index (χ4n) is 3.33. The van der Waals surface area contributed by atoms with Gasteiger partial charge in [-0.1, -0.05) is 25.1 Å². The van der Waals surface area contributed by atoms with E-state index in [-0.39, 0.29) is 6.04 Å². The number of para-hydroxylation sites is 1. The average Bonchev–Trinajstić information content (AvgIpc) is 2.97. The lowest BCUT2D eigenvalue weighted by Gasteiger charge is -2.37. The predicted octanol–water partition coefficient (Wildman–Crippen LogP) is 2.75. The molecule has 0 radical (unpaired) electrons. The number of nitrogens with zero attached hydrogens (tertiary/aromatic N) is 3. The number of benzene rings is 1. The van der Waals surface area contributed by atoms with E-state index in [0.29, 0.717) is 6.54 Å². The zero-order valence-corrected chi connectivity index (χ0v) is 12.7. The smallest absolute Gasteiger partial charge is 0.0948 e. The Morgan fingerprint density at radius 3 is 3.00 bits per heavy atom. The molecule has 1 aliphatic rings. The Balaban J connectivity index is 1.96. The van der Waals surface area contributed by atoms with E-state index in [4.69, 9.17) is 5.73 Å². The second-order valence-electron chi connectivity index (χ2n) is 5.69. The van der Waals surface area contributed by atoms with Crippen molar-refractivity contribution < 1.29 is 0 Å². The number of hydrogen-bond donors (Lipinski definition) is 1. The maximum Gasteiger partial charge on any atom is 0.0948 e. The molecule has 2 N–H and O–H groups in total. The zero-order valence-electron chi connectivity index (χ0n) is 12.7. The second kappa shape index (κ2) is 6.31. The van der Waals surface area contributed by atoms with Crippen LogP contribution in [0.4, 0.5) is 5.69 Å². The summed E-state index contributed by atoms with van der Waals surface area (Å²) in [7, 11) is 0. The summed E-state index contributed by atoms with van der Waals surface area (Å²) in [6, 6.07) is 8.91. The zero-order chi connectivity index (χ0) is 14.7. The maximum atomic E-state index is 6.13. The third-order valence-electron chi connectivity index (χ3n) is 4.30. The molecule has 0 saturated carbocycles. The number of rotatable bonds is 5. The van der Waals surface area contributed by atoms with E-state index in [1.807, 2.05) is 12.5 Å². The van der Waals surface area contributed by atoms with Crippen LogP contribution in [0, 0.1) is 0 Å². The van der Waals surface area contributed by atoms with Gasteiger partial charge in [0.25, 0.3) is 0 Å². The molecule has 112 valence electrons. The van der Waals surface area contributed by atoms with Gasteiger partial charge in [-0.3, -0.25) is 0 Å². The minimum absolute atomic E-state index is 0.209. The van der Waals surface area contributed by atoms with E-state index < -0.39 is 0 Å². The summed E-state index contributed by atoms with van der Waals surface area (Å²) in [5, 5.41) is 0. The van der Waals surface area contributed by atoms with Crippen LogP contribution in [0.15, 0.2) is 36.8 Å². The quantitative estimate of drug-likeness (QED) is 0.918. The Bertz CT molecular complexity index is 590.